The van der Waals surface area contributed by atoms with Crippen LogP contribution in [0.3, 0.4) is 0 Å². The Morgan fingerprint density at radius 1 is 1.44 bits per heavy atom. The van der Waals surface area contributed by atoms with E-state index in [-0.39, 0.29) is 0 Å². The summed E-state index contributed by atoms with van der Waals surface area (Å²) in [6.07, 6.45) is 6.92. The first kappa shape index (κ1) is 9.35. The van der Waals surface area contributed by atoms with Crippen LogP contribution in [0.25, 0.3) is 11.0 Å². The molecule has 0 aliphatic rings. The fraction of sp³-hybridized carbons (Fsp3) is 0.0909. The third kappa shape index (κ3) is 1.45. The van der Waals surface area contributed by atoms with E-state index in [1.165, 1.54) is 0 Å². The van der Waals surface area contributed by atoms with Gasteiger partial charge < -0.3 is 14.0 Å². The van der Waals surface area contributed by atoms with E-state index < -0.39 is 0 Å². The number of nitrogens with zero attached hydrogens (tertiary/aromatic N) is 2. The molecule has 1 N–H and O–H groups in total. The molecule has 0 aliphatic heterocycles. The van der Waals surface area contributed by atoms with Gasteiger partial charge in [0.1, 0.15) is 0 Å². The Balaban J connectivity index is 2.16. The number of fused-ring (bicyclic) bond motifs is 1. The molecule has 5 heteroatoms. The Morgan fingerprint density at radius 3 is 3.19 bits per heavy atom. The number of pyridine rings is 1. The van der Waals surface area contributed by atoms with E-state index in [0.29, 0.717) is 11.3 Å². The predicted octanol–water partition coefficient (Wildman–Crippen LogP) is 2.74. The molecule has 3 aromatic rings. The number of hydrogen-bond donors (Lipinski definition) is 1. The van der Waals surface area contributed by atoms with Crippen LogP contribution >= 0.6 is 12.2 Å². The first-order chi connectivity index (χ1) is 7.84. The zero-order valence-corrected chi connectivity index (χ0v) is 9.20. The summed E-state index contributed by atoms with van der Waals surface area (Å²) in [5, 5.41) is 0. The van der Waals surface area contributed by atoms with Gasteiger partial charge in [0.2, 0.25) is 0 Å². The summed E-state index contributed by atoms with van der Waals surface area (Å²) in [7, 11) is 0. The van der Waals surface area contributed by atoms with Gasteiger partial charge in [0, 0.05) is 11.8 Å². The van der Waals surface area contributed by atoms with Crippen molar-refractivity contribution in [1.29, 1.82) is 0 Å². The first-order valence-corrected chi connectivity index (χ1v) is 5.29. The van der Waals surface area contributed by atoms with Crippen molar-refractivity contribution in [3.05, 3.63) is 47.4 Å². The summed E-state index contributed by atoms with van der Waals surface area (Å²) in [6, 6.07) is 3.88. The SMILES string of the molecule is S=c1[nH]c2cnccc2n1Cc1ccoc1. The van der Waals surface area contributed by atoms with Crippen molar-refractivity contribution >= 4 is 23.3 Å². The summed E-state index contributed by atoms with van der Waals surface area (Å²) in [4.78, 5) is 7.18. The second-order valence-corrected chi connectivity index (χ2v) is 3.93. The molecule has 4 nitrogen and oxygen atoms in total. The maximum absolute atomic E-state index is 5.28. The van der Waals surface area contributed by atoms with Crippen LogP contribution in [-0.2, 0) is 6.54 Å². The first-order valence-electron chi connectivity index (χ1n) is 4.88. The number of aromatic amines is 1. The standard InChI is InChI=1S/C11H9N3OS/c16-11-13-9-5-12-3-1-10(9)14(11)6-8-2-4-15-7-8/h1-5,7H,6H2,(H,13,16). The Hall–Kier alpha value is -1.88. The molecule has 0 atom stereocenters. The number of imidazole rings is 1. The average molecular weight is 231 g/mol. The van der Waals surface area contributed by atoms with Crippen molar-refractivity contribution in [2.75, 3.05) is 0 Å². The highest BCUT2D eigenvalue weighted by molar-refractivity contribution is 7.71. The minimum absolute atomic E-state index is 0.698. The molecule has 3 aromatic heterocycles. The largest absolute Gasteiger partial charge is 0.472 e. The van der Waals surface area contributed by atoms with Gasteiger partial charge in [0.15, 0.2) is 4.77 Å². The van der Waals surface area contributed by atoms with Crippen LogP contribution in [0.1, 0.15) is 5.56 Å². The second-order valence-electron chi connectivity index (χ2n) is 3.54. The van der Waals surface area contributed by atoms with Crippen LogP contribution in [0.2, 0.25) is 0 Å². The Kier molecular flexibility index (Phi) is 2.11. The summed E-state index contributed by atoms with van der Waals surface area (Å²) < 4.78 is 7.77. The van der Waals surface area contributed by atoms with Crippen molar-refractivity contribution in [1.82, 2.24) is 14.5 Å². The molecule has 0 radical (unpaired) electrons. The van der Waals surface area contributed by atoms with Gasteiger partial charge >= 0.3 is 0 Å². The van der Waals surface area contributed by atoms with Crippen molar-refractivity contribution < 1.29 is 4.42 Å². The van der Waals surface area contributed by atoms with Crippen LogP contribution in [-0.4, -0.2) is 14.5 Å². The summed E-state index contributed by atoms with van der Waals surface area (Å²) >= 11 is 5.28. The third-order valence-electron chi connectivity index (χ3n) is 2.50. The molecule has 0 bridgehead atoms. The van der Waals surface area contributed by atoms with Crippen molar-refractivity contribution in [2.45, 2.75) is 6.54 Å². The van der Waals surface area contributed by atoms with E-state index in [1.807, 2.05) is 16.7 Å². The van der Waals surface area contributed by atoms with Gasteiger partial charge in [0.05, 0.1) is 36.3 Å². The van der Waals surface area contributed by atoms with E-state index in [1.54, 1.807) is 24.9 Å². The number of H-pyrrole nitrogens is 1. The monoisotopic (exact) mass is 231 g/mol. The highest BCUT2D eigenvalue weighted by Gasteiger charge is 2.04. The molecule has 3 heterocycles. The maximum Gasteiger partial charge on any atom is 0.178 e. The van der Waals surface area contributed by atoms with E-state index in [0.717, 1.165) is 16.6 Å². The third-order valence-corrected chi connectivity index (χ3v) is 2.82. The minimum Gasteiger partial charge on any atom is -0.472 e. The molecule has 16 heavy (non-hydrogen) atoms. The van der Waals surface area contributed by atoms with Gasteiger partial charge in [-0.3, -0.25) is 4.98 Å². The summed E-state index contributed by atoms with van der Waals surface area (Å²) in [5.41, 5.74) is 3.10. The zero-order valence-electron chi connectivity index (χ0n) is 8.38. The lowest BCUT2D eigenvalue weighted by Gasteiger charge is -2.00. The molecule has 0 unspecified atom stereocenters. The van der Waals surface area contributed by atoms with Crippen LogP contribution in [0.15, 0.2) is 41.5 Å². The van der Waals surface area contributed by atoms with Gasteiger partial charge in [-0.15, -0.1) is 0 Å². The number of hydrogen-bond acceptors (Lipinski definition) is 3. The van der Waals surface area contributed by atoms with Gasteiger partial charge in [0.25, 0.3) is 0 Å². The molecule has 0 saturated heterocycles. The molecule has 0 aromatic carbocycles. The molecule has 0 amide bonds. The number of nitrogens with one attached hydrogen (secondary N) is 1. The van der Waals surface area contributed by atoms with E-state index in [4.69, 9.17) is 16.6 Å². The molecular weight excluding hydrogens is 222 g/mol. The molecule has 80 valence electrons. The molecule has 0 fully saturated rings. The number of aromatic nitrogens is 3. The van der Waals surface area contributed by atoms with Crippen LogP contribution in [0.5, 0.6) is 0 Å². The lowest BCUT2D eigenvalue weighted by molar-refractivity contribution is 0.562. The maximum atomic E-state index is 5.28. The van der Waals surface area contributed by atoms with Crippen molar-refractivity contribution in [3.8, 4) is 0 Å². The molecule has 3 rings (SSSR count). The number of furan rings is 1. The fourth-order valence-corrected chi connectivity index (χ4v) is 2.01. The fourth-order valence-electron chi connectivity index (χ4n) is 1.73. The second kappa shape index (κ2) is 3.61. The number of rotatable bonds is 2. The highest BCUT2D eigenvalue weighted by Crippen LogP contribution is 2.14. The smallest absolute Gasteiger partial charge is 0.178 e. The average Bonchev–Trinajstić information content (AvgIpc) is 2.89. The highest BCUT2D eigenvalue weighted by atomic mass is 32.1. The van der Waals surface area contributed by atoms with E-state index in [9.17, 15) is 0 Å². The molecular formula is C11H9N3OS. The Labute approximate surface area is 96.5 Å². The van der Waals surface area contributed by atoms with E-state index >= 15 is 0 Å². The van der Waals surface area contributed by atoms with Gasteiger partial charge in [-0.2, -0.15) is 0 Å². The van der Waals surface area contributed by atoms with Crippen LogP contribution in [0, 0.1) is 4.77 Å². The normalized spacial score (nSPS) is 11.0. The van der Waals surface area contributed by atoms with Crippen LogP contribution < -0.4 is 0 Å². The lowest BCUT2D eigenvalue weighted by atomic mass is 10.3. The quantitative estimate of drug-likeness (QED) is 0.690. The Morgan fingerprint density at radius 2 is 2.38 bits per heavy atom. The zero-order chi connectivity index (χ0) is 11.0. The molecule has 0 saturated carbocycles. The van der Waals surface area contributed by atoms with E-state index in [2.05, 4.69) is 9.97 Å². The van der Waals surface area contributed by atoms with Crippen molar-refractivity contribution in [2.24, 2.45) is 0 Å². The molecule has 0 spiro atoms. The lowest BCUT2D eigenvalue weighted by Crippen LogP contribution is -1.98. The van der Waals surface area contributed by atoms with Gasteiger partial charge in [-0.05, 0) is 24.4 Å². The summed E-state index contributed by atoms with van der Waals surface area (Å²) in [6.45, 7) is 0.708. The Bertz CT molecular complexity index is 666. The minimum atomic E-state index is 0.698. The van der Waals surface area contributed by atoms with Crippen LogP contribution in [0.4, 0.5) is 0 Å². The van der Waals surface area contributed by atoms with Gasteiger partial charge in [-0.1, -0.05) is 0 Å². The van der Waals surface area contributed by atoms with Gasteiger partial charge in [-0.25, -0.2) is 0 Å². The summed E-state index contributed by atoms with van der Waals surface area (Å²) in [5.74, 6) is 0. The van der Waals surface area contributed by atoms with Crippen molar-refractivity contribution in [3.63, 3.8) is 0 Å². The topological polar surface area (TPSA) is 46.8 Å². The molecule has 0 aliphatic carbocycles. The predicted molar refractivity (Wildman–Crippen MR) is 62.7 cm³/mol.